The Morgan fingerprint density at radius 2 is 1.86 bits per heavy atom. The molecule has 13 heteroatoms. The van der Waals surface area contributed by atoms with Crippen LogP contribution in [0.4, 0.5) is 33.3 Å². The molecule has 7 nitrogen and oxygen atoms in total. The summed E-state index contributed by atoms with van der Waals surface area (Å²) in [5.74, 6) is -4.42. The fourth-order valence-electron chi connectivity index (χ4n) is 4.07. The Bertz CT molecular complexity index is 1150. The number of anilines is 2. The second kappa shape index (κ2) is 12.1. The van der Waals surface area contributed by atoms with Gasteiger partial charge in [-0.2, -0.15) is 13.2 Å². The van der Waals surface area contributed by atoms with Gasteiger partial charge in [-0.05, 0) is 31.2 Å². The van der Waals surface area contributed by atoms with Crippen molar-refractivity contribution in [2.24, 2.45) is 0 Å². The van der Waals surface area contributed by atoms with Crippen molar-refractivity contribution in [3.63, 3.8) is 0 Å². The minimum absolute atomic E-state index is 0.120. The van der Waals surface area contributed by atoms with E-state index in [0.29, 0.717) is 30.3 Å². The molecule has 0 aliphatic carbocycles. The third kappa shape index (κ3) is 7.53. The van der Waals surface area contributed by atoms with Crippen molar-refractivity contribution in [3.05, 3.63) is 58.1 Å². The molecule has 0 bridgehead atoms. The van der Waals surface area contributed by atoms with Crippen molar-refractivity contribution in [2.45, 2.75) is 32.1 Å². The van der Waals surface area contributed by atoms with Crippen LogP contribution in [-0.2, 0) is 11.3 Å². The van der Waals surface area contributed by atoms with Gasteiger partial charge in [0.15, 0.2) is 11.6 Å². The lowest BCUT2D eigenvalue weighted by molar-refractivity contribution is -0.138. The molecule has 0 unspecified atom stereocenters. The Kier molecular flexibility index (Phi) is 9.32. The number of aliphatic hydroxyl groups is 1. The number of nitrogens with one attached hydrogen (secondary N) is 2. The minimum Gasteiger partial charge on any atom is -0.387 e. The lowest BCUT2D eigenvalue weighted by Gasteiger charge is -2.42. The first-order chi connectivity index (χ1) is 17.4. The summed E-state index contributed by atoms with van der Waals surface area (Å²) in [6.45, 7) is 1.59. The number of carbonyl (C=O) groups is 2. The molecule has 1 aliphatic heterocycles. The highest BCUT2D eigenvalue weighted by Crippen LogP contribution is 2.33. The van der Waals surface area contributed by atoms with Crippen molar-refractivity contribution in [2.75, 3.05) is 43.0 Å². The second-order valence-electron chi connectivity index (χ2n) is 8.66. The van der Waals surface area contributed by atoms with Crippen LogP contribution >= 0.6 is 11.6 Å². The summed E-state index contributed by atoms with van der Waals surface area (Å²) in [5, 5.41) is 13.8. The van der Waals surface area contributed by atoms with Gasteiger partial charge in [0.25, 0.3) is 5.91 Å². The fourth-order valence-corrected chi connectivity index (χ4v) is 4.23. The molecular weight excluding hydrogens is 523 g/mol. The molecule has 202 valence electrons. The highest BCUT2D eigenvalue weighted by molar-refractivity contribution is 6.31. The molecule has 37 heavy (non-hydrogen) atoms. The molecule has 2 aromatic rings. The van der Waals surface area contributed by atoms with Crippen molar-refractivity contribution in [3.8, 4) is 0 Å². The maximum atomic E-state index is 14.7. The molecular formula is C24H26ClF5N4O3. The summed E-state index contributed by atoms with van der Waals surface area (Å²) >= 11 is 6.16. The van der Waals surface area contributed by atoms with E-state index in [1.54, 1.807) is 11.0 Å². The number of hydrogen-bond acceptors (Lipinski definition) is 5. The number of benzene rings is 2. The largest absolute Gasteiger partial charge is 0.390 e. The third-order valence-electron chi connectivity index (χ3n) is 5.97. The summed E-state index contributed by atoms with van der Waals surface area (Å²) < 4.78 is 67.0. The van der Waals surface area contributed by atoms with Crippen LogP contribution in [0.25, 0.3) is 0 Å². The molecule has 1 atom stereocenters. The maximum absolute atomic E-state index is 14.7. The predicted octanol–water partition coefficient (Wildman–Crippen LogP) is 3.94. The summed E-state index contributed by atoms with van der Waals surface area (Å²) in [7, 11) is 0. The summed E-state index contributed by atoms with van der Waals surface area (Å²) in [4.78, 5) is 27.6. The summed E-state index contributed by atoms with van der Waals surface area (Å²) in [5.41, 5.74) is -0.0157. The van der Waals surface area contributed by atoms with Crippen LogP contribution in [0, 0.1) is 11.6 Å². The number of hydrogen-bond donors (Lipinski definition) is 3. The van der Waals surface area contributed by atoms with E-state index in [0.717, 1.165) is 12.1 Å². The van der Waals surface area contributed by atoms with Crippen molar-refractivity contribution in [1.29, 1.82) is 0 Å². The molecule has 0 saturated carbocycles. The minimum atomic E-state index is -4.24. The number of aliphatic hydroxyl groups excluding tert-OH is 1. The molecule has 2 amide bonds. The van der Waals surface area contributed by atoms with Crippen LogP contribution in [0.2, 0.25) is 5.02 Å². The molecule has 1 saturated heterocycles. The van der Waals surface area contributed by atoms with Gasteiger partial charge in [0.05, 0.1) is 23.4 Å². The van der Waals surface area contributed by atoms with Crippen molar-refractivity contribution < 1.29 is 36.6 Å². The highest BCUT2D eigenvalue weighted by atomic mass is 35.5. The molecule has 0 spiro atoms. The Morgan fingerprint density at radius 1 is 1.14 bits per heavy atom. The standard InChI is InChI=1S/C24H26ClF5N4O3/c1-14-12-33(7-6-24(28,29)30)8-9-34(14)19-10-16(25)3-5-18(19)32-23(37)17-4-2-15(21(26)22(17)27)11-31-20(36)13-35/h2-5,10,14,35H,6-9,11-13H2,1H3,(H,31,36)(H,32,37)/t14-/m1/s1. The maximum Gasteiger partial charge on any atom is 0.390 e. The van der Waals surface area contributed by atoms with Crippen LogP contribution in [0.15, 0.2) is 30.3 Å². The van der Waals surface area contributed by atoms with E-state index in [1.807, 2.05) is 11.8 Å². The van der Waals surface area contributed by atoms with Gasteiger partial charge in [-0.3, -0.25) is 14.5 Å². The third-order valence-corrected chi connectivity index (χ3v) is 6.20. The van der Waals surface area contributed by atoms with Crippen LogP contribution < -0.4 is 15.5 Å². The molecule has 3 N–H and O–H groups in total. The van der Waals surface area contributed by atoms with Gasteiger partial charge < -0.3 is 20.6 Å². The first-order valence-electron chi connectivity index (χ1n) is 11.4. The van der Waals surface area contributed by atoms with Gasteiger partial charge in [-0.25, -0.2) is 8.78 Å². The monoisotopic (exact) mass is 548 g/mol. The molecule has 1 heterocycles. The normalized spacial score (nSPS) is 16.5. The van der Waals surface area contributed by atoms with Gasteiger partial charge in [0.1, 0.15) is 6.61 Å². The van der Waals surface area contributed by atoms with E-state index in [9.17, 15) is 31.5 Å². The lowest BCUT2D eigenvalue weighted by Crippen LogP contribution is -2.52. The Morgan fingerprint density at radius 3 is 2.51 bits per heavy atom. The first kappa shape index (κ1) is 28.6. The number of rotatable bonds is 8. The number of alkyl halides is 3. The van der Waals surface area contributed by atoms with Gasteiger partial charge in [-0.1, -0.05) is 17.7 Å². The summed E-state index contributed by atoms with van der Waals surface area (Å²) in [6.07, 6.45) is -5.15. The SMILES string of the molecule is C[C@@H]1CN(CCC(F)(F)F)CCN1c1cc(Cl)ccc1NC(=O)c1ccc(CNC(=O)CO)c(F)c1F. The van der Waals surface area contributed by atoms with Crippen LogP contribution in [0.1, 0.15) is 29.3 Å². The van der Waals surface area contributed by atoms with E-state index >= 15 is 0 Å². The molecule has 1 aliphatic rings. The first-order valence-corrected chi connectivity index (χ1v) is 11.8. The van der Waals surface area contributed by atoms with E-state index in [1.165, 1.54) is 12.1 Å². The zero-order valence-corrected chi connectivity index (χ0v) is 20.6. The zero-order valence-electron chi connectivity index (χ0n) is 19.8. The van der Waals surface area contributed by atoms with Crippen LogP contribution in [0.5, 0.6) is 0 Å². The quantitative estimate of drug-likeness (QED) is 0.435. The number of halogens is 6. The van der Waals surface area contributed by atoms with E-state index in [2.05, 4.69) is 10.6 Å². The molecule has 0 radical (unpaired) electrons. The predicted molar refractivity (Wildman–Crippen MR) is 129 cm³/mol. The molecule has 3 rings (SSSR count). The smallest absolute Gasteiger partial charge is 0.387 e. The van der Waals surface area contributed by atoms with E-state index in [-0.39, 0.29) is 30.4 Å². The van der Waals surface area contributed by atoms with Crippen LogP contribution in [0.3, 0.4) is 0 Å². The second-order valence-corrected chi connectivity index (χ2v) is 9.10. The average Bonchev–Trinajstić information content (AvgIpc) is 2.84. The van der Waals surface area contributed by atoms with Gasteiger partial charge in [0.2, 0.25) is 5.91 Å². The highest BCUT2D eigenvalue weighted by Gasteiger charge is 2.31. The number of nitrogens with zero attached hydrogens (tertiary/aromatic N) is 2. The number of carbonyl (C=O) groups excluding carboxylic acids is 2. The van der Waals surface area contributed by atoms with E-state index < -0.39 is 48.2 Å². The van der Waals surface area contributed by atoms with Crippen LogP contribution in [-0.4, -0.2) is 66.8 Å². The molecule has 1 fully saturated rings. The average molecular weight is 549 g/mol. The summed E-state index contributed by atoms with van der Waals surface area (Å²) in [6, 6.07) is 6.60. The zero-order chi connectivity index (χ0) is 27.3. The topological polar surface area (TPSA) is 84.9 Å². The number of piperazine rings is 1. The van der Waals surface area contributed by atoms with Crippen molar-refractivity contribution >= 4 is 34.8 Å². The molecule has 2 aromatic carbocycles. The Labute approximate surface area is 215 Å². The van der Waals surface area contributed by atoms with Gasteiger partial charge in [0, 0.05) is 49.4 Å². The van der Waals surface area contributed by atoms with Gasteiger partial charge >= 0.3 is 6.18 Å². The van der Waals surface area contributed by atoms with E-state index in [4.69, 9.17) is 16.7 Å². The number of amides is 2. The lowest BCUT2D eigenvalue weighted by atomic mass is 10.1. The molecule has 0 aromatic heterocycles. The van der Waals surface area contributed by atoms with Gasteiger partial charge in [-0.15, -0.1) is 0 Å². The fraction of sp³-hybridized carbons (Fsp3) is 0.417. The van der Waals surface area contributed by atoms with Crippen molar-refractivity contribution in [1.82, 2.24) is 10.2 Å². The Balaban J connectivity index is 1.76. The Hall–Kier alpha value is -2.96.